The fraction of sp³-hybridized carbons (Fsp3) is 0.391. The van der Waals surface area contributed by atoms with E-state index in [2.05, 4.69) is 23.1 Å². The van der Waals surface area contributed by atoms with Crippen molar-refractivity contribution in [3.8, 4) is 17.0 Å². The smallest absolute Gasteiger partial charge is 0.264 e. The third-order valence-corrected chi connectivity index (χ3v) is 5.93. The zero-order valence-electron chi connectivity index (χ0n) is 18.0. The number of pyridine rings is 1. The summed E-state index contributed by atoms with van der Waals surface area (Å²) >= 11 is 0. The lowest BCUT2D eigenvalue weighted by Gasteiger charge is -2.35. The van der Waals surface area contributed by atoms with Gasteiger partial charge in [0.2, 0.25) is 0 Å². The molecule has 1 amide bonds. The highest BCUT2D eigenvalue weighted by molar-refractivity contribution is 5.98. The number of imidazole rings is 1. The number of carbonyl (C=O) groups excluding carboxylic acids is 1. The molecule has 1 saturated heterocycles. The van der Waals surface area contributed by atoms with Crippen molar-refractivity contribution >= 4 is 22.9 Å². The molecule has 1 fully saturated rings. The summed E-state index contributed by atoms with van der Waals surface area (Å²) in [5.41, 5.74) is 11.3. The lowest BCUT2D eigenvalue weighted by molar-refractivity contribution is -0.120. The van der Waals surface area contributed by atoms with Gasteiger partial charge in [-0.2, -0.15) is 0 Å². The molecule has 2 unspecified atom stereocenters. The normalized spacial score (nSPS) is 21.9. The van der Waals surface area contributed by atoms with Crippen molar-refractivity contribution in [3.63, 3.8) is 0 Å². The van der Waals surface area contributed by atoms with Crippen molar-refractivity contribution in [2.24, 2.45) is 0 Å². The average molecular weight is 422 g/mol. The third kappa shape index (κ3) is 3.62. The van der Waals surface area contributed by atoms with Gasteiger partial charge in [-0.1, -0.05) is 0 Å². The maximum atomic E-state index is 12.1. The van der Waals surface area contributed by atoms with Crippen LogP contribution < -0.4 is 15.4 Å². The van der Waals surface area contributed by atoms with Crippen LogP contribution >= 0.6 is 0 Å². The number of benzene rings is 1. The fourth-order valence-electron chi connectivity index (χ4n) is 4.54. The number of nitrogen functional groups attached to an aromatic ring is 1. The Morgan fingerprint density at radius 1 is 1.16 bits per heavy atom. The number of morpholine rings is 1. The second-order valence-electron chi connectivity index (χ2n) is 8.47. The van der Waals surface area contributed by atoms with Crippen LogP contribution in [0.5, 0.6) is 5.75 Å². The molecule has 0 saturated carbocycles. The Morgan fingerprint density at radius 2 is 1.94 bits per heavy atom. The first-order valence-corrected chi connectivity index (χ1v) is 10.6. The molecule has 4 heterocycles. The summed E-state index contributed by atoms with van der Waals surface area (Å²) in [6, 6.07) is 9.69. The first kappa shape index (κ1) is 19.8. The van der Waals surface area contributed by atoms with E-state index in [0.717, 1.165) is 47.9 Å². The second kappa shape index (κ2) is 7.55. The van der Waals surface area contributed by atoms with Gasteiger partial charge in [0.15, 0.2) is 6.61 Å². The molecular weight excluding hydrogens is 394 g/mol. The minimum absolute atomic E-state index is 0.0646. The molecule has 1 aromatic carbocycles. The predicted octanol–water partition coefficient (Wildman–Crippen LogP) is 2.55. The van der Waals surface area contributed by atoms with Gasteiger partial charge >= 0.3 is 0 Å². The lowest BCUT2D eigenvalue weighted by Crippen LogP contribution is -2.45. The highest BCUT2D eigenvalue weighted by Gasteiger charge is 2.27. The number of hydrogen-bond donors (Lipinski definition) is 1. The SMILES string of the molecule is CC1CN(Cc2c(-c3ccc4c(c3)N(C)C(=O)CO4)nc3ccc(N)cn23)CC(C)O1. The van der Waals surface area contributed by atoms with Crippen LogP contribution in [0.1, 0.15) is 19.5 Å². The van der Waals surface area contributed by atoms with Crippen LogP contribution in [0.25, 0.3) is 16.9 Å². The Kier molecular flexibility index (Phi) is 4.83. The molecule has 2 aromatic heterocycles. The topological polar surface area (TPSA) is 85.3 Å². The van der Waals surface area contributed by atoms with Crippen LogP contribution in [0, 0.1) is 0 Å². The zero-order valence-corrected chi connectivity index (χ0v) is 18.0. The summed E-state index contributed by atoms with van der Waals surface area (Å²) in [6.07, 6.45) is 2.28. The summed E-state index contributed by atoms with van der Waals surface area (Å²) in [5, 5.41) is 0. The van der Waals surface area contributed by atoms with Gasteiger partial charge in [-0.15, -0.1) is 0 Å². The molecule has 2 aliphatic rings. The van der Waals surface area contributed by atoms with E-state index in [1.165, 1.54) is 0 Å². The number of nitrogens with zero attached hydrogens (tertiary/aromatic N) is 4. The van der Waals surface area contributed by atoms with Gasteiger partial charge in [-0.05, 0) is 44.2 Å². The Hall–Kier alpha value is -3.10. The number of nitrogens with two attached hydrogens (primary N) is 1. The summed E-state index contributed by atoms with van der Waals surface area (Å²) in [6.45, 7) is 6.71. The highest BCUT2D eigenvalue weighted by Crippen LogP contribution is 2.36. The minimum Gasteiger partial charge on any atom is -0.482 e. The summed E-state index contributed by atoms with van der Waals surface area (Å²) < 4.78 is 13.6. The van der Waals surface area contributed by atoms with Crippen molar-refractivity contribution in [2.45, 2.75) is 32.6 Å². The number of fused-ring (bicyclic) bond motifs is 2. The van der Waals surface area contributed by atoms with Crippen LogP contribution in [-0.2, 0) is 16.1 Å². The molecule has 2 N–H and O–H groups in total. The van der Waals surface area contributed by atoms with Crippen molar-refractivity contribution in [3.05, 3.63) is 42.2 Å². The Morgan fingerprint density at radius 3 is 2.71 bits per heavy atom. The molecule has 2 atom stereocenters. The Bertz CT molecular complexity index is 1150. The fourth-order valence-corrected chi connectivity index (χ4v) is 4.54. The quantitative estimate of drug-likeness (QED) is 0.700. The van der Waals surface area contributed by atoms with Gasteiger partial charge < -0.3 is 24.5 Å². The van der Waals surface area contributed by atoms with Crippen LogP contribution in [0.3, 0.4) is 0 Å². The van der Waals surface area contributed by atoms with Crippen molar-refractivity contribution in [1.82, 2.24) is 14.3 Å². The van der Waals surface area contributed by atoms with Crippen molar-refractivity contribution < 1.29 is 14.3 Å². The number of anilines is 2. The van der Waals surface area contributed by atoms with E-state index in [4.69, 9.17) is 20.2 Å². The van der Waals surface area contributed by atoms with E-state index in [1.54, 1.807) is 11.9 Å². The molecule has 8 nitrogen and oxygen atoms in total. The molecule has 162 valence electrons. The van der Waals surface area contributed by atoms with Crippen LogP contribution in [0.15, 0.2) is 36.5 Å². The average Bonchev–Trinajstić information content (AvgIpc) is 3.07. The molecule has 0 spiro atoms. The molecular formula is C23H27N5O3. The summed E-state index contributed by atoms with van der Waals surface area (Å²) in [4.78, 5) is 21.1. The highest BCUT2D eigenvalue weighted by atomic mass is 16.5. The number of likely N-dealkylation sites (N-methyl/N-ethyl adjacent to an activating group) is 1. The Balaban J connectivity index is 1.60. The third-order valence-electron chi connectivity index (χ3n) is 5.93. The van der Waals surface area contributed by atoms with E-state index in [9.17, 15) is 4.79 Å². The number of ether oxygens (including phenoxy) is 2. The molecule has 0 radical (unpaired) electrons. The van der Waals surface area contributed by atoms with Gasteiger partial charge in [0.25, 0.3) is 5.91 Å². The molecule has 5 rings (SSSR count). The first-order valence-electron chi connectivity index (χ1n) is 10.6. The number of rotatable bonds is 3. The molecule has 31 heavy (non-hydrogen) atoms. The van der Waals surface area contributed by atoms with Crippen molar-refractivity contribution in [1.29, 1.82) is 0 Å². The van der Waals surface area contributed by atoms with E-state index in [-0.39, 0.29) is 24.7 Å². The molecule has 0 aliphatic carbocycles. The first-order chi connectivity index (χ1) is 14.9. The molecule has 2 aliphatic heterocycles. The van der Waals surface area contributed by atoms with Gasteiger partial charge in [0.1, 0.15) is 11.4 Å². The summed E-state index contributed by atoms with van der Waals surface area (Å²) in [7, 11) is 1.77. The van der Waals surface area contributed by atoms with Crippen LogP contribution in [0.4, 0.5) is 11.4 Å². The van der Waals surface area contributed by atoms with E-state index < -0.39 is 0 Å². The lowest BCUT2D eigenvalue weighted by atomic mass is 10.1. The number of aromatic nitrogens is 2. The predicted molar refractivity (Wildman–Crippen MR) is 119 cm³/mol. The molecule has 0 bridgehead atoms. The maximum absolute atomic E-state index is 12.1. The zero-order chi connectivity index (χ0) is 21.7. The van der Waals surface area contributed by atoms with E-state index in [0.29, 0.717) is 11.4 Å². The number of hydrogen-bond acceptors (Lipinski definition) is 6. The minimum atomic E-state index is -0.0658. The van der Waals surface area contributed by atoms with Gasteiger partial charge in [-0.25, -0.2) is 4.98 Å². The van der Waals surface area contributed by atoms with E-state index >= 15 is 0 Å². The van der Waals surface area contributed by atoms with Gasteiger partial charge in [0, 0.05) is 44.1 Å². The number of amides is 1. The monoisotopic (exact) mass is 421 g/mol. The second-order valence-corrected chi connectivity index (χ2v) is 8.47. The van der Waals surface area contributed by atoms with Crippen LogP contribution in [0.2, 0.25) is 0 Å². The standard InChI is InChI=1S/C23H27N5O3/c1-14-9-27(10-15(2)31-14)12-19-23(25-21-7-5-17(24)11-28(19)21)16-4-6-20-18(8-16)26(3)22(29)13-30-20/h4-8,11,14-15H,9-10,12-13,24H2,1-3H3. The summed E-state index contributed by atoms with van der Waals surface area (Å²) in [5.74, 6) is 0.639. The van der Waals surface area contributed by atoms with E-state index in [1.807, 2.05) is 36.5 Å². The maximum Gasteiger partial charge on any atom is 0.264 e. The molecule has 3 aromatic rings. The largest absolute Gasteiger partial charge is 0.482 e. The van der Waals surface area contributed by atoms with Gasteiger partial charge in [-0.3, -0.25) is 9.69 Å². The van der Waals surface area contributed by atoms with Crippen molar-refractivity contribution in [2.75, 3.05) is 37.4 Å². The number of carbonyl (C=O) groups is 1. The van der Waals surface area contributed by atoms with Crippen LogP contribution in [-0.4, -0.2) is 59.1 Å². The van der Waals surface area contributed by atoms with Gasteiger partial charge in [0.05, 0.1) is 29.3 Å². The molecule has 8 heteroatoms. The Labute approximate surface area is 181 Å².